The summed E-state index contributed by atoms with van der Waals surface area (Å²) in [6.07, 6.45) is 1.52. The lowest BCUT2D eigenvalue weighted by Crippen LogP contribution is -2.27. The van der Waals surface area contributed by atoms with E-state index >= 15 is 0 Å². The Kier molecular flexibility index (Phi) is 12.4. The molecule has 1 amide bonds. The Labute approximate surface area is 270 Å². The van der Waals surface area contributed by atoms with Crippen LogP contribution in [0.15, 0.2) is 36.4 Å². The van der Waals surface area contributed by atoms with Crippen molar-refractivity contribution in [1.82, 2.24) is 4.90 Å². The second-order valence-electron chi connectivity index (χ2n) is 10.2. The average molecular weight is 658 g/mol. The maximum Gasteiger partial charge on any atom is 0.306 e. The maximum absolute atomic E-state index is 12.9. The van der Waals surface area contributed by atoms with Gasteiger partial charge in [-0.1, -0.05) is 0 Å². The van der Waals surface area contributed by atoms with Gasteiger partial charge in [0.15, 0.2) is 28.8 Å². The minimum absolute atomic E-state index is 0.0288. The Morgan fingerprint density at radius 3 is 1.93 bits per heavy atom. The van der Waals surface area contributed by atoms with E-state index in [-0.39, 0.29) is 30.5 Å². The zero-order valence-corrected chi connectivity index (χ0v) is 27.9. The van der Waals surface area contributed by atoms with Gasteiger partial charge in [-0.25, -0.2) is 0 Å². The molecule has 242 valence electrons. The fourth-order valence-corrected chi connectivity index (χ4v) is 6.72. The number of ether oxygens (including phenoxy) is 6. The molecule has 0 bridgehead atoms. The Morgan fingerprint density at radius 2 is 1.29 bits per heavy atom. The monoisotopic (exact) mass is 657 g/mol. The first-order chi connectivity index (χ1) is 21.8. The number of nitrogens with zero attached hydrogens (tertiary/aromatic N) is 1. The topological polar surface area (TPSA) is 110 Å². The minimum atomic E-state index is -0.377. The van der Waals surface area contributed by atoms with Crippen molar-refractivity contribution in [3.05, 3.63) is 46.2 Å². The lowest BCUT2D eigenvalue weighted by atomic mass is 10.1. The first-order valence-corrected chi connectivity index (χ1v) is 16.3. The van der Waals surface area contributed by atoms with Gasteiger partial charge < -0.3 is 33.3 Å². The summed E-state index contributed by atoms with van der Waals surface area (Å²) in [6.45, 7) is 4.00. The van der Waals surface area contributed by atoms with Crippen LogP contribution in [0.4, 0.5) is 0 Å². The highest BCUT2D eigenvalue weighted by Gasteiger charge is 2.18. The molecular weight excluding hydrogens is 618 g/mol. The van der Waals surface area contributed by atoms with E-state index in [1.807, 2.05) is 36.4 Å². The molecule has 10 nitrogen and oxygen atoms in total. The molecule has 0 spiro atoms. The molecule has 2 aromatic carbocycles. The van der Waals surface area contributed by atoms with Crippen LogP contribution < -0.4 is 18.9 Å². The first-order valence-electron chi connectivity index (χ1n) is 14.7. The van der Waals surface area contributed by atoms with Crippen molar-refractivity contribution in [2.75, 3.05) is 61.3 Å². The molecule has 4 rings (SSSR count). The van der Waals surface area contributed by atoms with Crippen molar-refractivity contribution in [3.8, 4) is 23.0 Å². The summed E-state index contributed by atoms with van der Waals surface area (Å²) in [5.74, 6) is 1.80. The van der Waals surface area contributed by atoms with Crippen LogP contribution in [0.25, 0.3) is 20.2 Å². The van der Waals surface area contributed by atoms with Gasteiger partial charge in [-0.3, -0.25) is 14.4 Å². The highest BCUT2D eigenvalue weighted by atomic mass is 32.1. The number of rotatable bonds is 18. The third-order valence-corrected chi connectivity index (χ3v) is 9.17. The Hall–Kier alpha value is -3.87. The lowest BCUT2D eigenvalue weighted by molar-refractivity contribution is -0.143. The molecule has 0 aliphatic rings. The largest absolute Gasteiger partial charge is 0.493 e. The molecule has 4 aromatic rings. The Morgan fingerprint density at radius 1 is 0.711 bits per heavy atom. The molecule has 0 aliphatic carbocycles. The molecule has 0 saturated carbocycles. The number of Topliss-reactive ketones (excluding diaryl/α,β-unsaturated/α-hetero) is 1. The van der Waals surface area contributed by atoms with Crippen molar-refractivity contribution in [1.29, 1.82) is 0 Å². The summed E-state index contributed by atoms with van der Waals surface area (Å²) in [7, 11) is 6.60. The molecule has 0 N–H and O–H groups in total. The summed E-state index contributed by atoms with van der Waals surface area (Å²) in [5.41, 5.74) is 0. The molecule has 0 unspecified atom stereocenters. The number of amides is 1. The van der Waals surface area contributed by atoms with E-state index in [0.29, 0.717) is 72.1 Å². The molecule has 2 aromatic heterocycles. The molecule has 12 heteroatoms. The number of carbonyl (C=O) groups is 3. The number of hydrogen-bond donors (Lipinski definition) is 0. The Balaban J connectivity index is 1.34. The summed E-state index contributed by atoms with van der Waals surface area (Å²) in [6, 6.07) is 11.2. The normalized spacial score (nSPS) is 11.0. The van der Waals surface area contributed by atoms with Crippen LogP contribution in [0.1, 0.15) is 52.0 Å². The minimum Gasteiger partial charge on any atom is -0.493 e. The molecule has 0 radical (unpaired) electrons. The molecule has 0 atom stereocenters. The van der Waals surface area contributed by atoms with Gasteiger partial charge in [0.2, 0.25) is 0 Å². The predicted octanol–water partition coefficient (Wildman–Crippen LogP) is 6.62. The van der Waals surface area contributed by atoms with E-state index in [4.69, 9.17) is 28.4 Å². The van der Waals surface area contributed by atoms with Gasteiger partial charge in [0.25, 0.3) is 5.91 Å². The first kappa shape index (κ1) is 34.0. The van der Waals surface area contributed by atoms with Crippen molar-refractivity contribution < 1.29 is 42.8 Å². The van der Waals surface area contributed by atoms with E-state index in [2.05, 4.69) is 0 Å². The van der Waals surface area contributed by atoms with Gasteiger partial charge in [0.05, 0.1) is 50.2 Å². The van der Waals surface area contributed by atoms with Gasteiger partial charge in [-0.2, -0.15) is 0 Å². The van der Waals surface area contributed by atoms with E-state index < -0.39 is 0 Å². The zero-order valence-electron chi connectivity index (χ0n) is 26.3. The van der Waals surface area contributed by atoms with Gasteiger partial charge in [-0.05, 0) is 48.4 Å². The zero-order chi connectivity index (χ0) is 32.3. The second kappa shape index (κ2) is 16.4. The van der Waals surface area contributed by atoms with Crippen LogP contribution in [0, 0.1) is 0 Å². The second-order valence-corrected chi connectivity index (χ2v) is 12.3. The molecule has 2 heterocycles. The van der Waals surface area contributed by atoms with E-state index in [9.17, 15) is 14.4 Å². The fraction of sp³-hybridized carbons (Fsp3) is 0.424. The number of hydrogen-bond acceptors (Lipinski definition) is 11. The van der Waals surface area contributed by atoms with Crippen molar-refractivity contribution in [2.24, 2.45) is 0 Å². The molecular formula is C33H39NO9S2. The van der Waals surface area contributed by atoms with Crippen LogP contribution in [-0.2, 0) is 14.3 Å². The Bertz CT molecular complexity index is 1630. The SMILES string of the molecule is CCOC(=O)CCC(=O)c1cc2cc(OC)c(OCCCOc3cc4cc(C(=O)N(C)CCCOC)sc4cc3OC)cc2s1. The van der Waals surface area contributed by atoms with Crippen LogP contribution in [0.2, 0.25) is 0 Å². The quantitative estimate of drug-likeness (QED) is 0.0663. The van der Waals surface area contributed by atoms with Crippen molar-refractivity contribution in [2.45, 2.75) is 32.6 Å². The smallest absolute Gasteiger partial charge is 0.306 e. The van der Waals surface area contributed by atoms with Gasteiger partial charge in [-0.15, -0.1) is 22.7 Å². The summed E-state index contributed by atoms with van der Waals surface area (Å²) in [5, 5.41) is 1.78. The number of carbonyl (C=O) groups excluding carboxylic acids is 3. The number of thiophene rings is 2. The summed E-state index contributed by atoms with van der Waals surface area (Å²) in [4.78, 5) is 40.1. The van der Waals surface area contributed by atoms with Crippen LogP contribution in [-0.4, -0.2) is 83.9 Å². The standard InChI is InChI=1S/C33H39NO9S2/c1-6-41-32(36)10-9-23(35)30-17-21-15-24(39-4)27(20-29(21)44-30)43-14-8-13-42-26-16-22-18-31(45-28(22)19-25(26)40-5)33(37)34(2)11-7-12-38-3/h15-20H,6-14H2,1-5H3. The summed E-state index contributed by atoms with van der Waals surface area (Å²) < 4.78 is 35.0. The van der Waals surface area contributed by atoms with E-state index in [0.717, 1.165) is 26.6 Å². The third kappa shape index (κ3) is 8.86. The number of methoxy groups -OCH3 is 3. The fourth-order valence-electron chi connectivity index (χ4n) is 4.61. The van der Waals surface area contributed by atoms with Crippen LogP contribution in [0.5, 0.6) is 23.0 Å². The average Bonchev–Trinajstić information content (AvgIpc) is 3.66. The van der Waals surface area contributed by atoms with Crippen molar-refractivity contribution >= 4 is 60.5 Å². The summed E-state index contributed by atoms with van der Waals surface area (Å²) >= 11 is 2.78. The molecule has 0 saturated heterocycles. The van der Waals surface area contributed by atoms with Crippen molar-refractivity contribution in [3.63, 3.8) is 0 Å². The lowest BCUT2D eigenvalue weighted by Gasteiger charge is -2.15. The van der Waals surface area contributed by atoms with E-state index in [1.165, 1.54) is 22.7 Å². The van der Waals surface area contributed by atoms with Crippen LogP contribution >= 0.6 is 22.7 Å². The number of benzene rings is 2. The third-order valence-electron chi connectivity index (χ3n) is 6.94. The van der Waals surface area contributed by atoms with Gasteiger partial charge >= 0.3 is 5.97 Å². The highest BCUT2D eigenvalue weighted by molar-refractivity contribution is 7.21. The van der Waals surface area contributed by atoms with Gasteiger partial charge in [0.1, 0.15) is 0 Å². The van der Waals surface area contributed by atoms with Gasteiger partial charge in [0, 0.05) is 61.7 Å². The van der Waals surface area contributed by atoms with Crippen LogP contribution in [0.3, 0.4) is 0 Å². The molecule has 0 fully saturated rings. The highest BCUT2D eigenvalue weighted by Crippen LogP contribution is 2.38. The van der Waals surface area contributed by atoms with E-state index in [1.54, 1.807) is 40.2 Å². The number of fused-ring (bicyclic) bond motifs is 2. The number of ketones is 1. The maximum atomic E-state index is 12.9. The molecule has 0 aliphatic heterocycles. The number of esters is 1. The predicted molar refractivity (Wildman–Crippen MR) is 176 cm³/mol. The molecule has 45 heavy (non-hydrogen) atoms.